The van der Waals surface area contributed by atoms with Crippen LogP contribution in [0.25, 0.3) is 0 Å². The molecular weight excluding hydrogens is 173 g/mol. The Hall–Kier alpha value is -1.65. The smallest absolute Gasteiger partial charge is 0.254 e. The first-order valence-electron chi connectivity index (χ1n) is 3.74. The molecule has 0 aliphatic rings. The first kappa shape index (κ1) is 9.44. The molecule has 0 spiro atoms. The zero-order valence-electron chi connectivity index (χ0n) is 7.39. The summed E-state index contributed by atoms with van der Waals surface area (Å²) >= 11 is 0. The van der Waals surface area contributed by atoms with E-state index in [2.05, 4.69) is 15.6 Å². The maximum atomic E-state index is 12.7. The predicted octanol–water partition coefficient (Wildman–Crippen LogP) is 0.622. The van der Waals surface area contributed by atoms with Crippen molar-refractivity contribution >= 4 is 11.7 Å². The van der Waals surface area contributed by atoms with Crippen LogP contribution >= 0.6 is 0 Å². The van der Waals surface area contributed by atoms with E-state index in [4.69, 9.17) is 0 Å². The second-order valence-electron chi connectivity index (χ2n) is 2.38. The van der Waals surface area contributed by atoms with Gasteiger partial charge in [0.2, 0.25) is 0 Å². The van der Waals surface area contributed by atoms with Crippen LogP contribution in [0.2, 0.25) is 0 Å². The van der Waals surface area contributed by atoms with Gasteiger partial charge < -0.3 is 10.6 Å². The summed E-state index contributed by atoms with van der Waals surface area (Å²) in [6, 6.07) is 1.14. The Balaban J connectivity index is 3.15. The Bertz CT molecular complexity index is 327. The molecule has 1 aromatic heterocycles. The Kier molecular flexibility index (Phi) is 2.79. The maximum Gasteiger partial charge on any atom is 0.254 e. The van der Waals surface area contributed by atoms with Crippen molar-refractivity contribution in [2.24, 2.45) is 0 Å². The van der Waals surface area contributed by atoms with Crippen molar-refractivity contribution in [3.8, 4) is 0 Å². The molecule has 1 aromatic rings. The fourth-order valence-electron chi connectivity index (χ4n) is 0.946. The van der Waals surface area contributed by atoms with Gasteiger partial charge in [-0.1, -0.05) is 0 Å². The zero-order chi connectivity index (χ0) is 9.84. The van der Waals surface area contributed by atoms with E-state index in [1.165, 1.54) is 7.05 Å². The molecule has 0 aromatic carbocycles. The van der Waals surface area contributed by atoms with Gasteiger partial charge >= 0.3 is 0 Å². The molecule has 1 amide bonds. The van der Waals surface area contributed by atoms with E-state index in [1.807, 2.05) is 0 Å². The number of hydrogen-bond acceptors (Lipinski definition) is 3. The average molecular weight is 183 g/mol. The molecule has 13 heavy (non-hydrogen) atoms. The number of carbonyl (C=O) groups excluding carboxylic acids is 1. The lowest BCUT2D eigenvalue weighted by atomic mass is 10.2. The minimum Gasteiger partial charge on any atom is -0.372 e. The van der Waals surface area contributed by atoms with Crippen LogP contribution in [0.5, 0.6) is 0 Å². The summed E-state index contributed by atoms with van der Waals surface area (Å²) in [4.78, 5) is 14.9. The van der Waals surface area contributed by atoms with Gasteiger partial charge in [0.1, 0.15) is 11.6 Å². The Morgan fingerprint density at radius 2 is 2.23 bits per heavy atom. The summed E-state index contributed by atoms with van der Waals surface area (Å²) in [5, 5.41) is 5.10. The van der Waals surface area contributed by atoms with Gasteiger partial charge in [-0.2, -0.15) is 0 Å². The minimum absolute atomic E-state index is 0.199. The molecule has 0 aliphatic heterocycles. The zero-order valence-corrected chi connectivity index (χ0v) is 7.39. The molecule has 0 unspecified atom stereocenters. The molecule has 0 aliphatic carbocycles. The highest BCUT2D eigenvalue weighted by Gasteiger charge is 2.10. The molecule has 4 nitrogen and oxygen atoms in total. The first-order valence-corrected chi connectivity index (χ1v) is 3.74. The van der Waals surface area contributed by atoms with Gasteiger partial charge in [-0.05, 0) is 6.07 Å². The summed E-state index contributed by atoms with van der Waals surface area (Å²) in [5.74, 6) is -0.533. The highest BCUT2D eigenvalue weighted by molar-refractivity contribution is 5.98. The lowest BCUT2D eigenvalue weighted by Gasteiger charge is -2.05. The maximum absolute atomic E-state index is 12.7. The molecule has 1 heterocycles. The number of rotatable bonds is 2. The van der Waals surface area contributed by atoms with Crippen molar-refractivity contribution in [2.45, 2.75) is 0 Å². The molecule has 0 saturated heterocycles. The third-order valence-corrected chi connectivity index (χ3v) is 1.56. The number of anilines is 1. The van der Waals surface area contributed by atoms with E-state index >= 15 is 0 Å². The third kappa shape index (κ3) is 1.93. The summed E-state index contributed by atoms with van der Waals surface area (Å²) in [6.07, 6.45) is 1.05. The van der Waals surface area contributed by atoms with Crippen LogP contribution in [0.3, 0.4) is 0 Å². The number of amides is 1. The van der Waals surface area contributed by atoms with E-state index in [-0.39, 0.29) is 11.5 Å². The molecular formula is C8H10FN3O. The van der Waals surface area contributed by atoms with Crippen molar-refractivity contribution in [3.63, 3.8) is 0 Å². The van der Waals surface area contributed by atoms with Crippen LogP contribution in [0, 0.1) is 5.82 Å². The largest absolute Gasteiger partial charge is 0.372 e. The summed E-state index contributed by atoms with van der Waals surface area (Å²) in [5.41, 5.74) is 0.199. The van der Waals surface area contributed by atoms with E-state index in [0.717, 1.165) is 12.3 Å². The molecule has 0 atom stereocenters. The lowest BCUT2D eigenvalue weighted by Crippen LogP contribution is -2.20. The standard InChI is InChI=1S/C8H10FN3O/c1-10-7-6(8(13)11-2)3-5(9)4-12-7/h3-4H,1-2H3,(H,10,12)(H,11,13). The molecule has 0 radical (unpaired) electrons. The normalized spacial score (nSPS) is 9.46. The van der Waals surface area contributed by atoms with E-state index in [1.54, 1.807) is 7.05 Å². The van der Waals surface area contributed by atoms with Gasteiger partial charge in [0.15, 0.2) is 0 Å². The minimum atomic E-state index is -0.530. The number of hydrogen-bond donors (Lipinski definition) is 2. The third-order valence-electron chi connectivity index (χ3n) is 1.56. The Labute approximate surface area is 75.2 Å². The van der Waals surface area contributed by atoms with Crippen molar-refractivity contribution in [2.75, 3.05) is 19.4 Å². The molecule has 0 saturated carbocycles. The van der Waals surface area contributed by atoms with Gasteiger partial charge in [0.25, 0.3) is 5.91 Å². The molecule has 0 bridgehead atoms. The van der Waals surface area contributed by atoms with E-state index < -0.39 is 5.82 Å². The topological polar surface area (TPSA) is 54.0 Å². The van der Waals surface area contributed by atoms with Crippen LogP contribution in [-0.2, 0) is 0 Å². The van der Waals surface area contributed by atoms with Crippen molar-refractivity contribution < 1.29 is 9.18 Å². The summed E-state index contributed by atoms with van der Waals surface area (Å²) in [7, 11) is 3.10. The second kappa shape index (κ2) is 3.84. The van der Waals surface area contributed by atoms with Crippen LogP contribution in [0.15, 0.2) is 12.3 Å². The molecule has 1 rings (SSSR count). The average Bonchev–Trinajstić information content (AvgIpc) is 2.16. The van der Waals surface area contributed by atoms with Crippen LogP contribution in [0.1, 0.15) is 10.4 Å². The molecule has 70 valence electrons. The van der Waals surface area contributed by atoms with Crippen LogP contribution in [-0.4, -0.2) is 25.0 Å². The fraction of sp³-hybridized carbons (Fsp3) is 0.250. The number of nitrogens with one attached hydrogen (secondary N) is 2. The SMILES string of the molecule is CNC(=O)c1cc(F)cnc1NC. The fourth-order valence-corrected chi connectivity index (χ4v) is 0.946. The molecule has 2 N–H and O–H groups in total. The van der Waals surface area contributed by atoms with Crippen molar-refractivity contribution in [1.29, 1.82) is 0 Å². The number of halogens is 1. The number of pyridine rings is 1. The second-order valence-corrected chi connectivity index (χ2v) is 2.38. The van der Waals surface area contributed by atoms with Crippen molar-refractivity contribution in [3.05, 3.63) is 23.6 Å². The predicted molar refractivity (Wildman–Crippen MR) is 47.1 cm³/mol. The van der Waals surface area contributed by atoms with E-state index in [0.29, 0.717) is 5.82 Å². The van der Waals surface area contributed by atoms with Crippen LogP contribution in [0.4, 0.5) is 10.2 Å². The highest BCUT2D eigenvalue weighted by Crippen LogP contribution is 2.12. The first-order chi connectivity index (χ1) is 6.19. The number of nitrogens with zero attached hydrogens (tertiary/aromatic N) is 1. The number of carbonyl (C=O) groups is 1. The Morgan fingerprint density at radius 1 is 1.54 bits per heavy atom. The highest BCUT2D eigenvalue weighted by atomic mass is 19.1. The van der Waals surface area contributed by atoms with Gasteiger partial charge in [-0.15, -0.1) is 0 Å². The number of aromatic nitrogens is 1. The van der Waals surface area contributed by atoms with Gasteiger partial charge in [0.05, 0.1) is 11.8 Å². The monoisotopic (exact) mass is 183 g/mol. The van der Waals surface area contributed by atoms with Gasteiger partial charge in [0, 0.05) is 14.1 Å². The van der Waals surface area contributed by atoms with E-state index in [9.17, 15) is 9.18 Å². The van der Waals surface area contributed by atoms with Crippen LogP contribution < -0.4 is 10.6 Å². The van der Waals surface area contributed by atoms with Gasteiger partial charge in [-0.25, -0.2) is 9.37 Å². The molecule has 0 fully saturated rings. The summed E-state index contributed by atoms with van der Waals surface area (Å²) in [6.45, 7) is 0. The quantitative estimate of drug-likeness (QED) is 0.706. The lowest BCUT2D eigenvalue weighted by molar-refractivity contribution is 0.0963. The molecule has 5 heteroatoms. The van der Waals surface area contributed by atoms with Crippen molar-refractivity contribution in [1.82, 2.24) is 10.3 Å². The Morgan fingerprint density at radius 3 is 2.77 bits per heavy atom. The summed E-state index contributed by atoms with van der Waals surface area (Å²) < 4.78 is 12.7. The van der Waals surface area contributed by atoms with Gasteiger partial charge in [-0.3, -0.25) is 4.79 Å².